The van der Waals surface area contributed by atoms with E-state index >= 15 is 0 Å². The molecule has 2 heterocycles. The number of carbonyl (C=O) groups excluding carboxylic acids is 12. The first-order valence-corrected chi connectivity index (χ1v) is 32.0. The molecule has 3 rings (SSSR count). The maximum atomic E-state index is 15.0. The number of aliphatic hydroxyl groups is 1. The highest BCUT2D eigenvalue weighted by molar-refractivity contribution is 6.00. The van der Waals surface area contributed by atoms with Gasteiger partial charge in [0, 0.05) is 61.8 Å². The summed E-state index contributed by atoms with van der Waals surface area (Å²) in [4.78, 5) is 183. The summed E-state index contributed by atoms with van der Waals surface area (Å²) >= 11 is 0. The number of hydrogen-bond acceptors (Lipinski definition) is 13. The molecule has 0 aromatic heterocycles. The number of hydrogen-bond donors (Lipinski definition) is 6. The van der Waals surface area contributed by atoms with Crippen molar-refractivity contribution in [2.45, 2.75) is 214 Å². The van der Waals surface area contributed by atoms with Crippen molar-refractivity contribution >= 4 is 70.9 Å². The Hall–Kier alpha value is -7.18. The second-order valence-electron chi connectivity index (χ2n) is 26.9. The van der Waals surface area contributed by atoms with Crippen LogP contribution in [-0.2, 0) is 64.0 Å². The largest absolute Gasteiger partial charge is 0.391 e. The summed E-state index contributed by atoms with van der Waals surface area (Å²) in [6.07, 6.45) is 0.405. The lowest BCUT2D eigenvalue weighted by molar-refractivity contribution is -0.151. The number of amides is 12. The first-order valence-electron chi connectivity index (χ1n) is 32.0. The van der Waals surface area contributed by atoms with Crippen LogP contribution < -0.4 is 26.6 Å². The van der Waals surface area contributed by atoms with Crippen molar-refractivity contribution in [3.05, 3.63) is 35.9 Å². The van der Waals surface area contributed by atoms with E-state index in [1.807, 2.05) is 55.4 Å². The molecule has 6 N–H and O–H groups in total. The maximum Gasteiger partial charge on any atom is 0.246 e. The van der Waals surface area contributed by atoms with E-state index in [1.54, 1.807) is 49.1 Å². The van der Waals surface area contributed by atoms with Gasteiger partial charge in [-0.25, -0.2) is 0 Å². The topological polar surface area (TPSA) is 308 Å². The average molecular weight is 1270 g/mol. The fraction of sp³-hybridized carbons (Fsp3) is 0.723. The number of nitrogens with zero attached hydrogens (tertiary/aromatic N) is 7. The van der Waals surface area contributed by atoms with Crippen LogP contribution in [-0.4, -0.2) is 239 Å². The van der Waals surface area contributed by atoms with Crippen LogP contribution in [0.3, 0.4) is 0 Å². The van der Waals surface area contributed by atoms with Crippen LogP contribution >= 0.6 is 0 Å². The molecule has 12 amide bonds. The van der Waals surface area contributed by atoms with E-state index in [2.05, 4.69) is 26.6 Å². The Morgan fingerprint density at radius 2 is 0.978 bits per heavy atom. The molecule has 0 radical (unpaired) electrons. The molecule has 1 aromatic carbocycles. The van der Waals surface area contributed by atoms with Crippen molar-refractivity contribution in [1.29, 1.82) is 0 Å². The van der Waals surface area contributed by atoms with Crippen molar-refractivity contribution in [2.75, 3.05) is 61.9 Å². The van der Waals surface area contributed by atoms with E-state index < -0.39 is 156 Å². The number of piperidine rings is 1. The molecule has 2 fully saturated rings. The predicted octanol–water partition coefficient (Wildman–Crippen LogP) is 1.92. The summed E-state index contributed by atoms with van der Waals surface area (Å²) in [7, 11) is 8.34. The van der Waals surface area contributed by atoms with Gasteiger partial charge in [0.2, 0.25) is 70.9 Å². The molecule has 2 saturated heterocycles. The Bertz CT molecular complexity index is 2650. The van der Waals surface area contributed by atoms with E-state index in [-0.39, 0.29) is 55.8 Å². The second kappa shape index (κ2) is 35.4. The first kappa shape index (κ1) is 77.1. The van der Waals surface area contributed by atoms with Gasteiger partial charge in [0.1, 0.15) is 60.4 Å². The van der Waals surface area contributed by atoms with Crippen LogP contribution in [0.5, 0.6) is 0 Å². The van der Waals surface area contributed by atoms with Gasteiger partial charge < -0.3 is 66.0 Å². The van der Waals surface area contributed by atoms with Crippen LogP contribution in [0.1, 0.15) is 147 Å². The Morgan fingerprint density at radius 1 is 0.511 bits per heavy atom. The molecular weight excluding hydrogens is 1160 g/mol. The van der Waals surface area contributed by atoms with E-state index in [0.29, 0.717) is 31.5 Å². The highest BCUT2D eigenvalue weighted by Gasteiger charge is 2.43. The van der Waals surface area contributed by atoms with Crippen molar-refractivity contribution in [1.82, 2.24) is 60.9 Å². The zero-order valence-electron chi connectivity index (χ0n) is 57.1. The van der Waals surface area contributed by atoms with Crippen LogP contribution in [0.2, 0.25) is 0 Å². The standard InChI is InChI=1S/C65H108N12O13/c1-37(2)30-46-63(88)74(17)49(31-38(3)4)56(81)68-48(64(89)77-28-24-21-25-29-77)35-53(80)72(15)43(12)61(86)73(16)51(33-40(7)8)58(83)70-54(44(13)78)59(84)69-47(34-45-26-22-20-23-27-45)62(87)71(14)36-52(79)66-42(11)60(85)76(19)55(41(9)10)65(90)75(18)50(32-39(5)6)57(82)67-46/h20,22-23,26-27,37-44,46-51,54-55,78H,21,24-25,28-36H2,1-19H3,(H,66,79)(H,67,82)(H,68,81)(H,69,84)(H,70,83)/t42-,43-,44+,46-,47-,48-,49-,50-,51-,54-,55-/m0/s1. The lowest BCUT2D eigenvalue weighted by Gasteiger charge is -2.38. The fourth-order valence-electron chi connectivity index (χ4n) is 11.6. The summed E-state index contributed by atoms with van der Waals surface area (Å²) in [6.45, 7) is 22.5. The van der Waals surface area contributed by atoms with Gasteiger partial charge >= 0.3 is 0 Å². The molecule has 2 aliphatic rings. The number of benzene rings is 1. The summed E-state index contributed by atoms with van der Waals surface area (Å²) in [5.41, 5.74) is 0.608. The minimum atomic E-state index is -1.69. The molecule has 0 aliphatic carbocycles. The molecule has 0 unspecified atom stereocenters. The van der Waals surface area contributed by atoms with Crippen molar-refractivity contribution in [3.8, 4) is 0 Å². The van der Waals surface area contributed by atoms with E-state index in [9.17, 15) is 62.6 Å². The van der Waals surface area contributed by atoms with Gasteiger partial charge in [-0.3, -0.25) is 57.5 Å². The predicted molar refractivity (Wildman–Crippen MR) is 341 cm³/mol. The monoisotopic (exact) mass is 1260 g/mol. The molecular formula is C65H108N12O13. The Morgan fingerprint density at radius 3 is 1.47 bits per heavy atom. The van der Waals surface area contributed by atoms with Gasteiger partial charge in [-0.2, -0.15) is 0 Å². The lowest BCUT2D eigenvalue weighted by atomic mass is 9.96. The Labute approximate surface area is 534 Å². The fourth-order valence-corrected chi connectivity index (χ4v) is 11.6. The molecule has 11 atom stereocenters. The smallest absolute Gasteiger partial charge is 0.246 e. The number of rotatable bonds is 13. The Balaban J connectivity index is 2.28. The number of nitrogens with one attached hydrogen (secondary N) is 5. The van der Waals surface area contributed by atoms with Crippen LogP contribution in [0.4, 0.5) is 0 Å². The van der Waals surface area contributed by atoms with Gasteiger partial charge in [-0.05, 0) is 101 Å². The van der Waals surface area contributed by atoms with Crippen LogP contribution in [0.25, 0.3) is 0 Å². The summed E-state index contributed by atoms with van der Waals surface area (Å²) in [5.74, 6) is -9.87. The molecule has 506 valence electrons. The maximum absolute atomic E-state index is 15.0. The summed E-state index contributed by atoms with van der Waals surface area (Å²) in [6, 6.07) is -4.44. The van der Waals surface area contributed by atoms with E-state index in [0.717, 1.165) is 21.1 Å². The zero-order chi connectivity index (χ0) is 68.3. The van der Waals surface area contributed by atoms with Crippen LogP contribution in [0, 0.1) is 29.6 Å². The quantitative estimate of drug-likeness (QED) is 0.165. The zero-order valence-corrected chi connectivity index (χ0v) is 57.1. The molecule has 0 spiro atoms. The molecule has 0 bridgehead atoms. The van der Waals surface area contributed by atoms with Crippen molar-refractivity contribution in [3.63, 3.8) is 0 Å². The first-order chi connectivity index (χ1) is 41.9. The molecule has 90 heavy (non-hydrogen) atoms. The number of likely N-dealkylation sites (tertiary alicyclic amines) is 1. The number of likely N-dealkylation sites (N-methyl/N-ethyl adjacent to an activating group) is 6. The molecule has 1 aromatic rings. The molecule has 25 heteroatoms. The number of aliphatic hydroxyl groups excluding tert-OH is 1. The highest BCUT2D eigenvalue weighted by atomic mass is 16.3. The van der Waals surface area contributed by atoms with Crippen LogP contribution in [0.15, 0.2) is 30.3 Å². The third kappa shape index (κ3) is 22.0. The highest BCUT2D eigenvalue weighted by Crippen LogP contribution is 2.23. The molecule has 25 nitrogen and oxygen atoms in total. The SMILES string of the molecule is CC(C)C[C@@H]1NC(=O)[C@H](CC(C)C)N(C)C(=O)[C@H](C(C)C)N(C)C(=O)[C@H](C)NC(=O)CN(C)C(=O)[C@H](Cc2ccccc2)NC(=O)[C@H]([C@@H](C)O)NC(=O)[C@H](CC(C)C)N(C)C(=O)[C@H](C)N(C)C(=O)C[C@@H](C(=O)N2CCCCC2)NC(=O)[C@H](CC(C)C)N(C)C1=O. The minimum absolute atomic E-state index is 0.0546. The van der Waals surface area contributed by atoms with Gasteiger partial charge in [0.25, 0.3) is 0 Å². The third-order valence-corrected chi connectivity index (χ3v) is 16.9. The summed E-state index contributed by atoms with van der Waals surface area (Å²) in [5, 5.41) is 24.8. The van der Waals surface area contributed by atoms with Gasteiger partial charge in [0.05, 0.1) is 19.1 Å². The van der Waals surface area contributed by atoms with Gasteiger partial charge in [-0.1, -0.05) is 99.6 Å². The lowest BCUT2D eigenvalue weighted by Crippen LogP contribution is -2.62. The van der Waals surface area contributed by atoms with E-state index in [1.165, 1.54) is 77.8 Å². The third-order valence-electron chi connectivity index (χ3n) is 16.9. The second-order valence-corrected chi connectivity index (χ2v) is 26.9. The van der Waals surface area contributed by atoms with Crippen molar-refractivity contribution < 1.29 is 62.6 Å². The molecule has 2 aliphatic heterocycles. The summed E-state index contributed by atoms with van der Waals surface area (Å²) < 4.78 is 0. The number of carbonyl (C=O) groups is 12. The normalized spacial score (nSPS) is 26.5. The Kier molecular flexibility index (Phi) is 30.3. The average Bonchev–Trinajstić information content (AvgIpc) is 3.63. The minimum Gasteiger partial charge on any atom is -0.391 e. The van der Waals surface area contributed by atoms with Gasteiger partial charge in [-0.15, -0.1) is 0 Å². The van der Waals surface area contributed by atoms with E-state index in [4.69, 9.17) is 0 Å². The molecule has 0 saturated carbocycles. The van der Waals surface area contributed by atoms with Gasteiger partial charge in [0.15, 0.2) is 0 Å². The van der Waals surface area contributed by atoms with Crippen molar-refractivity contribution in [2.24, 2.45) is 29.6 Å².